The predicted molar refractivity (Wildman–Crippen MR) is 22.5 cm³/mol. The minimum absolute atomic E-state index is 0.245. The summed E-state index contributed by atoms with van der Waals surface area (Å²) in [5.74, 6) is 0. The number of hydrogen-bond donors (Lipinski definition) is 0. The molecule has 6 heavy (non-hydrogen) atoms. The van der Waals surface area contributed by atoms with Gasteiger partial charge >= 0.3 is 0 Å². The normalized spacial score (nSPS) is 13.7. The van der Waals surface area contributed by atoms with E-state index in [0.29, 0.717) is 0 Å². The molecule has 1 unspecified atom stereocenters. The summed E-state index contributed by atoms with van der Waals surface area (Å²) in [5.41, 5.74) is 0. The van der Waals surface area contributed by atoms with Gasteiger partial charge in [-0.25, -0.2) is 0 Å². The van der Waals surface area contributed by atoms with Gasteiger partial charge in [-0.05, 0) is 6.92 Å². The monoisotopic (exact) mass is 88.1 g/mol. The maximum absolute atomic E-state index is 9.61. The average molecular weight is 88.1 g/mol. The molecule has 0 saturated heterocycles. The third kappa shape index (κ3) is 1.91. The summed E-state index contributed by atoms with van der Waals surface area (Å²) >= 11 is 0. The molecule has 0 saturated carbocycles. The number of rotatable bonds is 2. The summed E-state index contributed by atoms with van der Waals surface area (Å²) in [4.78, 5) is 9.61. The van der Waals surface area contributed by atoms with Crippen LogP contribution >= 0.6 is 0 Å². The lowest BCUT2D eigenvalue weighted by molar-refractivity contribution is -0.115. The molecule has 0 aromatic carbocycles. The van der Waals surface area contributed by atoms with Crippen molar-refractivity contribution in [2.45, 2.75) is 13.0 Å². The Morgan fingerprint density at radius 2 is 2.33 bits per heavy atom. The van der Waals surface area contributed by atoms with Gasteiger partial charge in [-0.15, -0.1) is 0 Å². The summed E-state index contributed by atoms with van der Waals surface area (Å²) in [6.07, 6.45) is 0.505. The van der Waals surface area contributed by atoms with Crippen molar-refractivity contribution in [3.05, 3.63) is 0 Å². The van der Waals surface area contributed by atoms with Gasteiger partial charge in [-0.1, -0.05) is 0 Å². The molecule has 0 aliphatic heterocycles. The van der Waals surface area contributed by atoms with Crippen LogP contribution in [0.25, 0.3) is 0 Å². The summed E-state index contributed by atoms with van der Waals surface area (Å²) in [7, 11) is 1.50. The van der Waals surface area contributed by atoms with Gasteiger partial charge in [0.2, 0.25) is 0 Å². The Hall–Kier alpha value is -0.370. The smallest absolute Gasteiger partial charge is 0.148 e. The molecule has 0 bridgehead atoms. The topological polar surface area (TPSA) is 26.3 Å². The fourth-order valence-corrected chi connectivity index (χ4v) is 0.0556. The van der Waals surface area contributed by atoms with Crippen LogP contribution in [0, 0.1) is 0 Å². The number of carbonyl (C=O) groups excluding carboxylic acids is 1. The molecule has 2 nitrogen and oxygen atoms in total. The Kier molecular flexibility index (Phi) is 2.67. The lowest BCUT2D eigenvalue weighted by Gasteiger charge is -1.93. The van der Waals surface area contributed by atoms with E-state index in [4.69, 9.17) is 0 Å². The van der Waals surface area contributed by atoms with Crippen LogP contribution in [0.5, 0.6) is 0 Å². The van der Waals surface area contributed by atoms with Gasteiger partial charge in [-0.2, -0.15) is 0 Å². The van der Waals surface area contributed by atoms with Gasteiger partial charge in [0.1, 0.15) is 12.4 Å². The molecule has 0 aromatic heterocycles. The first-order valence-corrected chi connectivity index (χ1v) is 1.79. The Labute approximate surface area is 37.1 Å². The molecule has 1 atom stereocenters. The first-order chi connectivity index (χ1) is 2.81. The van der Waals surface area contributed by atoms with Gasteiger partial charge < -0.3 is 9.53 Å². The van der Waals surface area contributed by atoms with Gasteiger partial charge in [-0.3, -0.25) is 0 Å². The molecule has 0 amide bonds. The Morgan fingerprint density at radius 3 is 2.33 bits per heavy atom. The summed E-state index contributed by atoms with van der Waals surface area (Å²) < 4.78 is 4.53. The second kappa shape index (κ2) is 2.85. The van der Waals surface area contributed by atoms with Crippen molar-refractivity contribution in [2.24, 2.45) is 0 Å². The molecule has 2 heteroatoms. The third-order valence-corrected chi connectivity index (χ3v) is 0.563. The maximum atomic E-state index is 9.61. The minimum atomic E-state index is -0.245. The Bertz CT molecular complexity index is 42.8. The van der Waals surface area contributed by atoms with Crippen molar-refractivity contribution in [3.8, 4) is 0 Å². The van der Waals surface area contributed by atoms with Crippen LogP contribution in [0.1, 0.15) is 6.92 Å². The summed E-state index contributed by atoms with van der Waals surface area (Å²) in [5, 5.41) is 0. The number of ether oxygens (including phenoxy) is 1. The number of methoxy groups -OCH3 is 1. The van der Waals surface area contributed by atoms with Gasteiger partial charge in [0, 0.05) is 7.11 Å². The van der Waals surface area contributed by atoms with Gasteiger partial charge in [0.25, 0.3) is 0 Å². The zero-order valence-electron chi connectivity index (χ0n) is 3.97. The highest BCUT2D eigenvalue weighted by molar-refractivity contribution is 5.54. The molecule has 0 rings (SSSR count). The van der Waals surface area contributed by atoms with E-state index in [2.05, 4.69) is 4.74 Å². The number of carbonyl (C=O) groups is 1. The van der Waals surface area contributed by atoms with Crippen LogP contribution in [0.3, 0.4) is 0 Å². The standard InChI is InChI=1S/C4H8O2/c1-4(3-5)6-2/h3-4H,1-2H3. The molecule has 0 fully saturated rings. The maximum Gasteiger partial charge on any atom is 0.148 e. The largest absolute Gasteiger partial charge is 0.374 e. The molecule has 0 aliphatic rings. The zero-order valence-corrected chi connectivity index (χ0v) is 3.97. The average Bonchev–Trinajstić information content (AvgIpc) is 1.65. The summed E-state index contributed by atoms with van der Waals surface area (Å²) in [6.45, 7) is 1.69. The van der Waals surface area contributed by atoms with Crippen molar-refractivity contribution < 1.29 is 9.53 Å². The van der Waals surface area contributed by atoms with E-state index in [1.807, 2.05) is 0 Å². The molecular formula is C4H8O2. The van der Waals surface area contributed by atoms with E-state index >= 15 is 0 Å². The second-order valence-corrected chi connectivity index (χ2v) is 1.08. The molecule has 0 N–H and O–H groups in total. The Morgan fingerprint density at radius 1 is 1.83 bits per heavy atom. The lowest BCUT2D eigenvalue weighted by Crippen LogP contribution is -2.04. The third-order valence-electron chi connectivity index (χ3n) is 0.563. The van der Waals surface area contributed by atoms with Crippen LogP contribution in [-0.2, 0) is 9.53 Å². The Balaban J connectivity index is 2.96. The quantitative estimate of drug-likeness (QED) is 0.451. The zero-order chi connectivity index (χ0) is 4.99. The molecular weight excluding hydrogens is 80.0 g/mol. The first kappa shape index (κ1) is 5.63. The highest BCUT2D eigenvalue weighted by Crippen LogP contribution is 1.75. The highest BCUT2D eigenvalue weighted by Gasteiger charge is 1.88. The van der Waals surface area contributed by atoms with Crippen molar-refractivity contribution in [2.75, 3.05) is 7.11 Å². The molecule has 0 aromatic rings. The van der Waals surface area contributed by atoms with Crippen LogP contribution in [0.2, 0.25) is 0 Å². The minimum Gasteiger partial charge on any atom is -0.374 e. The van der Waals surface area contributed by atoms with Gasteiger partial charge in [0.05, 0.1) is 0 Å². The second-order valence-electron chi connectivity index (χ2n) is 1.08. The lowest BCUT2D eigenvalue weighted by atomic mass is 10.5. The van der Waals surface area contributed by atoms with E-state index in [-0.39, 0.29) is 6.10 Å². The van der Waals surface area contributed by atoms with Crippen LogP contribution < -0.4 is 0 Å². The van der Waals surface area contributed by atoms with Crippen LogP contribution in [0.15, 0.2) is 0 Å². The number of hydrogen-bond acceptors (Lipinski definition) is 2. The van der Waals surface area contributed by atoms with Crippen molar-refractivity contribution in [1.29, 1.82) is 0 Å². The fraction of sp³-hybridized carbons (Fsp3) is 0.750. The molecule has 0 heterocycles. The van der Waals surface area contributed by atoms with Crippen molar-refractivity contribution in [3.63, 3.8) is 0 Å². The van der Waals surface area contributed by atoms with E-state index in [0.717, 1.165) is 6.29 Å². The van der Waals surface area contributed by atoms with E-state index in [1.165, 1.54) is 7.11 Å². The van der Waals surface area contributed by atoms with E-state index < -0.39 is 0 Å². The molecule has 0 aliphatic carbocycles. The highest BCUT2D eigenvalue weighted by atomic mass is 16.5. The van der Waals surface area contributed by atoms with Gasteiger partial charge in [0.15, 0.2) is 0 Å². The van der Waals surface area contributed by atoms with Crippen molar-refractivity contribution in [1.82, 2.24) is 0 Å². The van der Waals surface area contributed by atoms with Crippen LogP contribution in [0.4, 0.5) is 0 Å². The SMILES string of the molecule is COC(C)C=O. The van der Waals surface area contributed by atoms with E-state index in [9.17, 15) is 4.79 Å². The van der Waals surface area contributed by atoms with E-state index in [1.54, 1.807) is 6.92 Å². The van der Waals surface area contributed by atoms with Crippen LogP contribution in [-0.4, -0.2) is 19.5 Å². The first-order valence-electron chi connectivity index (χ1n) is 1.79. The summed E-state index contributed by atoms with van der Waals surface area (Å²) in [6, 6.07) is 0. The molecule has 0 radical (unpaired) electrons. The molecule has 0 spiro atoms. The number of aldehydes is 1. The van der Waals surface area contributed by atoms with Crippen molar-refractivity contribution >= 4 is 6.29 Å². The molecule has 36 valence electrons. The predicted octanol–water partition coefficient (Wildman–Crippen LogP) is 0.220. The fourth-order valence-electron chi connectivity index (χ4n) is 0.0556.